The number of benzene rings is 2. The Morgan fingerprint density at radius 3 is 2.53 bits per heavy atom. The Morgan fingerprint density at radius 1 is 1.05 bits per heavy atom. The van der Waals surface area contributed by atoms with Crippen molar-refractivity contribution < 1.29 is 13.0 Å². The molecule has 2 heterocycles. The molecule has 0 aliphatic heterocycles. The van der Waals surface area contributed by atoms with Gasteiger partial charge in [-0.3, -0.25) is 4.55 Å². The number of rotatable bonds is 1. The minimum absolute atomic E-state index is 0.106. The fourth-order valence-corrected chi connectivity index (χ4v) is 3.27. The summed E-state index contributed by atoms with van der Waals surface area (Å²) in [7, 11) is -4.28. The molecule has 2 aromatic carbocycles. The highest BCUT2D eigenvalue weighted by molar-refractivity contribution is 7.86. The average Bonchev–Trinajstić information content (AvgIpc) is 2.78. The van der Waals surface area contributed by atoms with E-state index in [2.05, 4.69) is 9.97 Å². The number of hydrogen-bond donors (Lipinski definition) is 2. The maximum atomic E-state index is 11.5. The molecule has 0 amide bonds. The van der Waals surface area contributed by atoms with E-state index in [-0.39, 0.29) is 4.90 Å². The monoisotopic (exact) mass is 272 g/mol. The van der Waals surface area contributed by atoms with Crippen LogP contribution < -0.4 is 0 Å². The lowest BCUT2D eigenvalue weighted by molar-refractivity contribution is 0.484. The van der Waals surface area contributed by atoms with Crippen molar-refractivity contribution in [1.82, 2.24) is 9.97 Å². The van der Waals surface area contributed by atoms with Crippen molar-refractivity contribution in [1.29, 1.82) is 0 Å². The van der Waals surface area contributed by atoms with Gasteiger partial charge in [0.25, 0.3) is 10.1 Å². The number of pyridine rings is 1. The minimum atomic E-state index is -4.28. The Morgan fingerprint density at radius 2 is 1.79 bits per heavy atom. The second-order valence-corrected chi connectivity index (χ2v) is 5.83. The highest BCUT2D eigenvalue weighted by atomic mass is 32.2. The van der Waals surface area contributed by atoms with Crippen LogP contribution >= 0.6 is 0 Å². The molecule has 0 radical (unpaired) electrons. The number of nitrogens with one attached hydrogen (secondary N) is 1. The molecule has 94 valence electrons. The molecule has 0 unspecified atom stereocenters. The third-order valence-electron chi connectivity index (χ3n) is 3.35. The van der Waals surface area contributed by atoms with Gasteiger partial charge < -0.3 is 4.98 Å². The van der Waals surface area contributed by atoms with Gasteiger partial charge in [-0.05, 0) is 17.5 Å². The van der Waals surface area contributed by atoms with Gasteiger partial charge in [0.15, 0.2) is 0 Å². The Kier molecular flexibility index (Phi) is 1.82. The zero-order chi connectivity index (χ0) is 13.2. The average molecular weight is 272 g/mol. The summed E-state index contributed by atoms with van der Waals surface area (Å²) in [6.07, 6.45) is 0. The summed E-state index contributed by atoms with van der Waals surface area (Å²) in [6.45, 7) is 0. The van der Waals surface area contributed by atoms with Crippen LogP contribution in [0.2, 0.25) is 0 Å². The largest absolute Gasteiger partial charge is 0.338 e. The van der Waals surface area contributed by atoms with Crippen molar-refractivity contribution in [3.8, 4) is 0 Å². The molecule has 0 atom stereocenters. The van der Waals surface area contributed by atoms with E-state index in [0.29, 0.717) is 16.6 Å². The highest BCUT2D eigenvalue weighted by Gasteiger charge is 2.20. The topological polar surface area (TPSA) is 83.0 Å². The third kappa shape index (κ3) is 1.32. The first-order valence-corrected chi connectivity index (χ1v) is 7.10. The van der Waals surface area contributed by atoms with Gasteiger partial charge in [-0.2, -0.15) is 8.42 Å². The number of aromatic nitrogens is 2. The van der Waals surface area contributed by atoms with Crippen LogP contribution in [0.4, 0.5) is 0 Å². The molecule has 0 fully saturated rings. The maximum Gasteiger partial charge on any atom is 0.295 e. The van der Waals surface area contributed by atoms with E-state index < -0.39 is 10.1 Å². The lowest BCUT2D eigenvalue weighted by Crippen LogP contribution is -1.99. The maximum absolute atomic E-state index is 11.5. The summed E-state index contributed by atoms with van der Waals surface area (Å²) in [5.41, 5.74) is 2.04. The van der Waals surface area contributed by atoms with E-state index in [0.717, 1.165) is 16.3 Å². The summed E-state index contributed by atoms with van der Waals surface area (Å²) < 4.78 is 32.4. The van der Waals surface area contributed by atoms with Crippen molar-refractivity contribution >= 4 is 43.0 Å². The number of aromatic amines is 1. The van der Waals surface area contributed by atoms with Crippen LogP contribution in [0, 0.1) is 0 Å². The summed E-state index contributed by atoms with van der Waals surface area (Å²) in [5.74, 6) is 0. The molecule has 4 rings (SSSR count). The summed E-state index contributed by atoms with van der Waals surface area (Å²) in [5, 5.41) is 2.06. The molecule has 4 aromatic rings. The Bertz CT molecular complexity index is 1030. The van der Waals surface area contributed by atoms with Crippen LogP contribution in [0.25, 0.3) is 32.8 Å². The minimum Gasteiger partial charge on any atom is -0.338 e. The molecular weight excluding hydrogens is 264 g/mol. The number of hydrogen-bond acceptors (Lipinski definition) is 3. The van der Waals surface area contributed by atoms with Crippen molar-refractivity contribution in [3.63, 3.8) is 0 Å². The first-order valence-electron chi connectivity index (χ1n) is 5.66. The van der Waals surface area contributed by atoms with Gasteiger partial charge in [-0.25, -0.2) is 4.98 Å². The second kappa shape index (κ2) is 3.23. The normalized spacial score (nSPS) is 12.9. The van der Waals surface area contributed by atoms with E-state index in [1.165, 1.54) is 6.07 Å². The van der Waals surface area contributed by atoms with Crippen LogP contribution in [0.3, 0.4) is 0 Å². The van der Waals surface area contributed by atoms with E-state index in [4.69, 9.17) is 0 Å². The molecule has 0 saturated heterocycles. The van der Waals surface area contributed by atoms with Crippen LogP contribution in [-0.4, -0.2) is 22.9 Å². The molecule has 0 spiro atoms. The SMILES string of the molecule is O=S(=O)(O)c1ccc2[nH]c3nc2c1c1ccccc31. The van der Waals surface area contributed by atoms with Gasteiger partial charge in [0.1, 0.15) is 10.5 Å². The standard InChI is InChI=1S/C13H8N2O3S/c16-19(17,18)10-6-5-9-12-11(10)7-3-1-2-4-8(7)13(14-9)15-12/h1-6H,(H,14,15)(H,16,17,18). The van der Waals surface area contributed by atoms with Crippen LogP contribution in [0.15, 0.2) is 41.3 Å². The predicted molar refractivity (Wildman–Crippen MR) is 72.1 cm³/mol. The lowest BCUT2D eigenvalue weighted by Gasteiger charge is -2.05. The third-order valence-corrected chi connectivity index (χ3v) is 4.24. The lowest BCUT2D eigenvalue weighted by atomic mass is 10.1. The molecule has 19 heavy (non-hydrogen) atoms. The van der Waals surface area contributed by atoms with Gasteiger partial charge in [0, 0.05) is 10.8 Å². The zero-order valence-corrected chi connectivity index (χ0v) is 10.4. The van der Waals surface area contributed by atoms with Gasteiger partial charge in [0.05, 0.1) is 11.0 Å². The fourth-order valence-electron chi connectivity index (χ4n) is 2.57. The molecule has 0 saturated carbocycles. The Labute approximate surface area is 108 Å². The van der Waals surface area contributed by atoms with Gasteiger partial charge in [-0.1, -0.05) is 24.3 Å². The Hall–Kier alpha value is -2.18. The van der Waals surface area contributed by atoms with E-state index in [1.807, 2.05) is 24.3 Å². The highest BCUT2D eigenvalue weighted by Crippen LogP contribution is 2.35. The van der Waals surface area contributed by atoms with Crippen LogP contribution in [0.5, 0.6) is 0 Å². The van der Waals surface area contributed by atoms with Crippen LogP contribution in [0.1, 0.15) is 0 Å². The van der Waals surface area contributed by atoms with Crippen LogP contribution in [-0.2, 0) is 10.1 Å². The van der Waals surface area contributed by atoms with Crippen molar-refractivity contribution in [2.75, 3.05) is 0 Å². The number of imidazole rings is 1. The fraction of sp³-hybridized carbons (Fsp3) is 0. The van der Waals surface area contributed by atoms with Crippen molar-refractivity contribution in [2.24, 2.45) is 0 Å². The van der Waals surface area contributed by atoms with Gasteiger partial charge >= 0.3 is 0 Å². The van der Waals surface area contributed by atoms with Crippen molar-refractivity contribution in [2.45, 2.75) is 4.90 Å². The zero-order valence-electron chi connectivity index (χ0n) is 9.58. The number of nitrogens with zero attached hydrogens (tertiary/aromatic N) is 1. The first kappa shape index (κ1) is 10.7. The van der Waals surface area contributed by atoms with Gasteiger partial charge in [0.2, 0.25) is 0 Å². The molecule has 2 N–H and O–H groups in total. The number of fused-ring (bicyclic) bond motifs is 4. The molecular formula is C13H8N2O3S. The van der Waals surface area contributed by atoms with Gasteiger partial charge in [-0.15, -0.1) is 0 Å². The summed E-state index contributed by atoms with van der Waals surface area (Å²) >= 11 is 0. The second-order valence-electron chi connectivity index (χ2n) is 4.44. The molecule has 5 nitrogen and oxygen atoms in total. The molecule has 2 bridgehead atoms. The smallest absolute Gasteiger partial charge is 0.295 e. The number of H-pyrrole nitrogens is 1. The quantitative estimate of drug-likeness (QED) is 0.412. The molecule has 6 heteroatoms. The first-order chi connectivity index (χ1) is 9.05. The predicted octanol–water partition coefficient (Wildman–Crippen LogP) is 2.55. The Balaban J connectivity index is 2.44. The van der Waals surface area contributed by atoms with E-state index in [1.54, 1.807) is 6.07 Å². The van der Waals surface area contributed by atoms with E-state index in [9.17, 15) is 13.0 Å². The molecule has 0 aliphatic carbocycles. The molecule has 2 aromatic heterocycles. The van der Waals surface area contributed by atoms with E-state index >= 15 is 0 Å². The summed E-state index contributed by atoms with van der Waals surface area (Å²) in [6, 6.07) is 10.4. The molecule has 0 aliphatic rings. The summed E-state index contributed by atoms with van der Waals surface area (Å²) in [4.78, 5) is 7.42. The van der Waals surface area contributed by atoms with Crippen molar-refractivity contribution in [3.05, 3.63) is 36.4 Å².